The van der Waals surface area contributed by atoms with Gasteiger partial charge in [-0.2, -0.15) is 0 Å². The van der Waals surface area contributed by atoms with Gasteiger partial charge in [-0.25, -0.2) is 9.18 Å². The van der Waals surface area contributed by atoms with Crippen molar-refractivity contribution in [2.24, 2.45) is 5.92 Å². The zero-order valence-electron chi connectivity index (χ0n) is 14.8. The van der Waals surface area contributed by atoms with Crippen LogP contribution in [0.4, 0.5) is 14.9 Å². The Labute approximate surface area is 152 Å². The molecule has 1 aliphatic heterocycles. The van der Waals surface area contributed by atoms with Crippen LogP contribution < -0.4 is 10.2 Å². The molecule has 0 bridgehead atoms. The number of halogens is 1. The van der Waals surface area contributed by atoms with Crippen molar-refractivity contribution < 1.29 is 19.1 Å². The molecule has 0 unspecified atom stereocenters. The monoisotopic (exact) mass is 360 g/mol. The SMILES string of the molecule is O=C(O)C1CCC(NC(=O)N2CC3(CCCC3)c3cccc(F)c32)CC1. The smallest absolute Gasteiger partial charge is 0.322 e. The lowest BCUT2D eigenvalue weighted by molar-refractivity contribution is -0.142. The number of hydrogen-bond acceptors (Lipinski definition) is 2. The lowest BCUT2D eigenvalue weighted by Crippen LogP contribution is -2.47. The van der Waals surface area contributed by atoms with Crippen molar-refractivity contribution in [2.45, 2.75) is 62.8 Å². The van der Waals surface area contributed by atoms with Crippen LogP contribution in [0.5, 0.6) is 0 Å². The number of carbonyl (C=O) groups is 2. The molecule has 0 saturated heterocycles. The number of hydrogen-bond donors (Lipinski definition) is 2. The summed E-state index contributed by atoms with van der Waals surface area (Å²) in [6, 6.07) is 4.84. The molecule has 2 amide bonds. The summed E-state index contributed by atoms with van der Waals surface area (Å²) in [7, 11) is 0. The molecule has 1 heterocycles. The number of carboxylic acids is 1. The quantitative estimate of drug-likeness (QED) is 0.843. The fourth-order valence-corrected chi connectivity index (χ4v) is 5.07. The number of para-hydroxylation sites is 1. The van der Waals surface area contributed by atoms with Crippen molar-refractivity contribution in [3.63, 3.8) is 0 Å². The summed E-state index contributed by atoms with van der Waals surface area (Å²) in [6.07, 6.45) is 6.70. The van der Waals surface area contributed by atoms with Crippen molar-refractivity contribution in [1.29, 1.82) is 0 Å². The third-order valence-electron chi connectivity index (χ3n) is 6.50. The number of carboxylic acid groups (broad SMARTS) is 1. The topological polar surface area (TPSA) is 69.6 Å². The summed E-state index contributed by atoms with van der Waals surface area (Å²) in [6.45, 7) is 0.541. The fourth-order valence-electron chi connectivity index (χ4n) is 5.07. The van der Waals surface area contributed by atoms with E-state index in [-0.39, 0.29) is 29.2 Å². The number of rotatable bonds is 2. The number of urea groups is 1. The number of carbonyl (C=O) groups excluding carboxylic acids is 1. The highest BCUT2D eigenvalue weighted by Crippen LogP contribution is 2.51. The van der Waals surface area contributed by atoms with Crippen molar-refractivity contribution in [1.82, 2.24) is 5.32 Å². The summed E-state index contributed by atoms with van der Waals surface area (Å²) in [5.74, 6) is -1.40. The maximum absolute atomic E-state index is 14.6. The molecule has 1 aromatic rings. The molecule has 4 rings (SSSR count). The first-order valence-electron chi connectivity index (χ1n) is 9.60. The first-order chi connectivity index (χ1) is 12.5. The second-order valence-corrected chi connectivity index (χ2v) is 8.05. The van der Waals surface area contributed by atoms with E-state index in [1.54, 1.807) is 11.0 Å². The maximum atomic E-state index is 14.6. The van der Waals surface area contributed by atoms with Crippen LogP contribution in [0.15, 0.2) is 18.2 Å². The molecule has 5 nitrogen and oxygen atoms in total. The Bertz CT molecular complexity index is 722. The number of benzene rings is 1. The molecule has 3 aliphatic rings. The van der Waals surface area contributed by atoms with E-state index in [1.165, 1.54) is 6.07 Å². The third kappa shape index (κ3) is 2.85. The first-order valence-corrected chi connectivity index (χ1v) is 9.60. The lowest BCUT2D eigenvalue weighted by Gasteiger charge is -2.30. The van der Waals surface area contributed by atoms with E-state index < -0.39 is 5.97 Å². The van der Waals surface area contributed by atoms with Crippen LogP contribution in [0.1, 0.15) is 56.9 Å². The van der Waals surface area contributed by atoms with Gasteiger partial charge in [0.1, 0.15) is 5.82 Å². The highest BCUT2D eigenvalue weighted by atomic mass is 19.1. The van der Waals surface area contributed by atoms with Gasteiger partial charge in [0, 0.05) is 18.0 Å². The van der Waals surface area contributed by atoms with E-state index in [1.807, 2.05) is 6.07 Å². The zero-order chi connectivity index (χ0) is 18.3. The second-order valence-electron chi connectivity index (χ2n) is 8.05. The maximum Gasteiger partial charge on any atom is 0.322 e. The van der Waals surface area contributed by atoms with E-state index in [9.17, 15) is 14.0 Å². The standard InChI is InChI=1S/C20H25FN2O3/c21-16-5-3-4-15-17(16)23(12-20(15)10-1-2-11-20)19(26)22-14-8-6-13(7-9-14)18(24)25/h3-5,13-14H,1-2,6-12H2,(H,22,26)(H,24,25). The number of nitrogens with zero attached hydrogens (tertiary/aromatic N) is 1. The normalized spacial score (nSPS) is 26.7. The molecular weight excluding hydrogens is 335 g/mol. The Hall–Kier alpha value is -2.11. The molecule has 2 saturated carbocycles. The fraction of sp³-hybridized carbons (Fsp3) is 0.600. The van der Waals surface area contributed by atoms with Crippen LogP contribution >= 0.6 is 0 Å². The minimum absolute atomic E-state index is 0.0338. The van der Waals surface area contributed by atoms with Gasteiger partial charge < -0.3 is 10.4 Å². The molecule has 140 valence electrons. The summed E-state index contributed by atoms with van der Waals surface area (Å²) in [5, 5.41) is 12.1. The van der Waals surface area contributed by atoms with Crippen LogP contribution in [0.3, 0.4) is 0 Å². The third-order valence-corrected chi connectivity index (χ3v) is 6.50. The molecule has 6 heteroatoms. The van der Waals surface area contributed by atoms with E-state index in [2.05, 4.69) is 5.32 Å². The van der Waals surface area contributed by atoms with Gasteiger partial charge in [-0.1, -0.05) is 25.0 Å². The Morgan fingerprint density at radius 2 is 1.85 bits per heavy atom. The molecule has 26 heavy (non-hydrogen) atoms. The van der Waals surface area contributed by atoms with Gasteiger partial charge in [0.2, 0.25) is 0 Å². The molecule has 1 aromatic carbocycles. The average Bonchev–Trinajstić information content (AvgIpc) is 3.23. The molecule has 0 radical (unpaired) electrons. The van der Waals surface area contributed by atoms with Gasteiger partial charge in [-0.3, -0.25) is 9.69 Å². The van der Waals surface area contributed by atoms with E-state index in [0.717, 1.165) is 31.2 Å². The summed E-state index contributed by atoms with van der Waals surface area (Å²) in [5.41, 5.74) is 1.31. The molecule has 2 N–H and O–H groups in total. The zero-order valence-corrected chi connectivity index (χ0v) is 14.8. The molecular formula is C20H25FN2O3. The molecule has 2 aliphatic carbocycles. The molecule has 2 fully saturated rings. The number of fused-ring (bicyclic) bond motifs is 2. The average molecular weight is 360 g/mol. The predicted molar refractivity (Wildman–Crippen MR) is 95.8 cm³/mol. The summed E-state index contributed by atoms with van der Waals surface area (Å²) in [4.78, 5) is 25.6. The van der Waals surface area contributed by atoms with Crippen molar-refractivity contribution >= 4 is 17.7 Å². The lowest BCUT2D eigenvalue weighted by atomic mass is 9.81. The Balaban J connectivity index is 1.50. The van der Waals surface area contributed by atoms with E-state index in [0.29, 0.717) is 37.9 Å². The van der Waals surface area contributed by atoms with Gasteiger partial charge in [-0.15, -0.1) is 0 Å². The molecule has 1 spiro atoms. The van der Waals surface area contributed by atoms with Gasteiger partial charge in [-0.05, 0) is 50.2 Å². The number of nitrogens with one attached hydrogen (secondary N) is 1. The van der Waals surface area contributed by atoms with Crippen LogP contribution in [-0.2, 0) is 10.2 Å². The number of amides is 2. The Morgan fingerprint density at radius 1 is 1.15 bits per heavy atom. The minimum atomic E-state index is -0.756. The van der Waals surface area contributed by atoms with Gasteiger partial charge >= 0.3 is 12.0 Å². The van der Waals surface area contributed by atoms with Crippen LogP contribution in [0.25, 0.3) is 0 Å². The Kier molecular flexibility index (Phi) is 4.37. The van der Waals surface area contributed by atoms with E-state index in [4.69, 9.17) is 5.11 Å². The summed E-state index contributed by atoms with van der Waals surface area (Å²) < 4.78 is 14.6. The highest BCUT2D eigenvalue weighted by molar-refractivity contribution is 5.95. The van der Waals surface area contributed by atoms with Crippen LogP contribution in [-0.4, -0.2) is 29.7 Å². The first kappa shape index (κ1) is 17.3. The van der Waals surface area contributed by atoms with Gasteiger partial charge in [0.05, 0.1) is 11.6 Å². The van der Waals surface area contributed by atoms with Crippen LogP contribution in [0, 0.1) is 11.7 Å². The minimum Gasteiger partial charge on any atom is -0.481 e. The van der Waals surface area contributed by atoms with Gasteiger partial charge in [0.15, 0.2) is 0 Å². The number of aliphatic carboxylic acids is 1. The van der Waals surface area contributed by atoms with Crippen LogP contribution in [0.2, 0.25) is 0 Å². The summed E-state index contributed by atoms with van der Waals surface area (Å²) >= 11 is 0. The van der Waals surface area contributed by atoms with Crippen molar-refractivity contribution in [3.05, 3.63) is 29.6 Å². The molecule has 0 atom stereocenters. The molecule has 0 aromatic heterocycles. The predicted octanol–water partition coefficient (Wildman–Crippen LogP) is 3.81. The Morgan fingerprint density at radius 3 is 2.50 bits per heavy atom. The largest absolute Gasteiger partial charge is 0.481 e. The van der Waals surface area contributed by atoms with Crippen molar-refractivity contribution in [2.75, 3.05) is 11.4 Å². The van der Waals surface area contributed by atoms with Gasteiger partial charge in [0.25, 0.3) is 0 Å². The highest BCUT2D eigenvalue weighted by Gasteiger charge is 2.47. The van der Waals surface area contributed by atoms with Crippen molar-refractivity contribution in [3.8, 4) is 0 Å². The number of anilines is 1. The second kappa shape index (κ2) is 6.56. The van der Waals surface area contributed by atoms with E-state index >= 15 is 0 Å².